The molecule has 1 aromatic carbocycles. The highest BCUT2D eigenvalue weighted by molar-refractivity contribution is 8.14. The molecule has 11 heteroatoms. The third-order valence-corrected chi connectivity index (χ3v) is 6.81. The van der Waals surface area contributed by atoms with Gasteiger partial charge in [0, 0.05) is 11.8 Å². The van der Waals surface area contributed by atoms with Crippen LogP contribution in [0.2, 0.25) is 0 Å². The number of nitriles is 1. The maximum absolute atomic E-state index is 15.4. The Labute approximate surface area is 197 Å². The lowest BCUT2D eigenvalue weighted by molar-refractivity contribution is -0.152. The van der Waals surface area contributed by atoms with E-state index in [-0.39, 0.29) is 27.6 Å². The third kappa shape index (κ3) is 4.63. The number of nitrogens with two attached hydrogens (primary N) is 1. The van der Waals surface area contributed by atoms with Gasteiger partial charge in [-0.25, -0.2) is 17.6 Å². The quantitative estimate of drug-likeness (QED) is 0.493. The first-order valence-corrected chi connectivity index (χ1v) is 10.8. The topological polar surface area (TPSA) is 101 Å². The van der Waals surface area contributed by atoms with Crippen molar-refractivity contribution in [2.45, 2.75) is 30.6 Å². The SMILES string of the molecule is COC(=O)C1SC(N)=N[C@](C)(c2cc(/C=C(\F)c3ccc(C#N)cn3)ccc2F)[C@H](C)C1(F)F. The second-order valence-corrected chi connectivity index (χ2v) is 8.92. The van der Waals surface area contributed by atoms with Gasteiger partial charge < -0.3 is 10.5 Å². The lowest BCUT2D eigenvalue weighted by Gasteiger charge is -2.37. The predicted octanol–water partition coefficient (Wildman–Crippen LogP) is 4.65. The number of carbonyl (C=O) groups excluding carboxylic acids is 1. The van der Waals surface area contributed by atoms with Crippen LogP contribution in [0.25, 0.3) is 11.9 Å². The van der Waals surface area contributed by atoms with E-state index in [1.807, 2.05) is 6.07 Å². The number of amidine groups is 1. The van der Waals surface area contributed by atoms with Crippen LogP contribution in [0.3, 0.4) is 0 Å². The molecule has 0 amide bonds. The largest absolute Gasteiger partial charge is 0.468 e. The van der Waals surface area contributed by atoms with E-state index in [1.165, 1.54) is 37.4 Å². The fourth-order valence-electron chi connectivity index (χ4n) is 3.60. The molecule has 2 N–H and O–H groups in total. The molecule has 2 aromatic rings. The molecule has 0 spiro atoms. The third-order valence-electron chi connectivity index (χ3n) is 5.73. The Kier molecular flexibility index (Phi) is 7.02. The summed E-state index contributed by atoms with van der Waals surface area (Å²) in [6.07, 6.45) is 2.25. The van der Waals surface area contributed by atoms with Crippen LogP contribution in [0.4, 0.5) is 17.6 Å². The number of carbonyl (C=O) groups is 1. The molecule has 2 heterocycles. The van der Waals surface area contributed by atoms with Gasteiger partial charge in [0.1, 0.15) is 17.7 Å². The predicted molar refractivity (Wildman–Crippen MR) is 121 cm³/mol. The molecule has 0 saturated heterocycles. The number of alkyl halides is 2. The Balaban J connectivity index is 2.08. The first-order valence-electron chi connectivity index (χ1n) is 9.95. The molecule has 1 aliphatic rings. The van der Waals surface area contributed by atoms with Gasteiger partial charge in [0.25, 0.3) is 5.92 Å². The lowest BCUT2D eigenvalue weighted by Crippen LogP contribution is -2.49. The summed E-state index contributed by atoms with van der Waals surface area (Å²) in [5.41, 5.74) is 4.03. The van der Waals surface area contributed by atoms with Crippen LogP contribution in [0.15, 0.2) is 41.5 Å². The molecule has 34 heavy (non-hydrogen) atoms. The first-order chi connectivity index (χ1) is 15.9. The Morgan fingerprint density at radius 2 is 2.03 bits per heavy atom. The maximum Gasteiger partial charge on any atom is 0.325 e. The number of methoxy groups -OCH3 is 1. The van der Waals surface area contributed by atoms with E-state index in [0.717, 1.165) is 26.2 Å². The highest BCUT2D eigenvalue weighted by Gasteiger charge is 2.59. The monoisotopic (exact) mass is 492 g/mol. The molecule has 1 unspecified atom stereocenters. The highest BCUT2D eigenvalue weighted by atomic mass is 32.2. The zero-order valence-corrected chi connectivity index (χ0v) is 19.2. The minimum absolute atomic E-state index is 0.0648. The average molecular weight is 492 g/mol. The normalized spacial score (nSPS) is 24.5. The minimum atomic E-state index is -3.67. The number of ether oxygens (including phenoxy) is 1. The summed E-state index contributed by atoms with van der Waals surface area (Å²) in [5.74, 6) is -8.17. The van der Waals surface area contributed by atoms with Crippen molar-refractivity contribution >= 4 is 34.8 Å². The van der Waals surface area contributed by atoms with E-state index in [4.69, 9.17) is 11.0 Å². The van der Waals surface area contributed by atoms with Gasteiger partial charge in [-0.15, -0.1) is 0 Å². The molecule has 6 nitrogen and oxygen atoms in total. The molecule has 3 atom stereocenters. The number of aromatic nitrogens is 1. The number of nitrogens with zero attached hydrogens (tertiary/aromatic N) is 3. The molecule has 3 rings (SSSR count). The van der Waals surface area contributed by atoms with E-state index >= 15 is 8.78 Å². The number of benzene rings is 1. The maximum atomic E-state index is 15.4. The minimum Gasteiger partial charge on any atom is -0.468 e. The van der Waals surface area contributed by atoms with Crippen LogP contribution < -0.4 is 5.73 Å². The van der Waals surface area contributed by atoms with E-state index in [1.54, 1.807) is 0 Å². The van der Waals surface area contributed by atoms with E-state index < -0.39 is 40.2 Å². The van der Waals surface area contributed by atoms with E-state index in [2.05, 4.69) is 14.7 Å². The summed E-state index contributed by atoms with van der Waals surface area (Å²) in [6.45, 7) is 2.42. The fraction of sp³-hybridized carbons (Fsp3) is 0.304. The van der Waals surface area contributed by atoms with E-state index in [0.29, 0.717) is 11.8 Å². The van der Waals surface area contributed by atoms with Crippen LogP contribution >= 0.6 is 11.8 Å². The van der Waals surface area contributed by atoms with Crippen LogP contribution in [0, 0.1) is 23.1 Å². The van der Waals surface area contributed by atoms with Crippen molar-refractivity contribution in [3.05, 3.63) is 64.7 Å². The van der Waals surface area contributed by atoms with Crippen molar-refractivity contribution in [2.75, 3.05) is 7.11 Å². The van der Waals surface area contributed by atoms with Crippen molar-refractivity contribution in [3.63, 3.8) is 0 Å². The summed E-state index contributed by atoms with van der Waals surface area (Å²) >= 11 is 0.346. The number of hydrogen-bond donors (Lipinski definition) is 1. The first kappa shape index (κ1) is 25.2. The standard InChI is InChI=1S/C23H20F4N4O2S/c1-12-22(2,31-21(29)34-19(20(32)33-3)23(12,26)27)15-8-13(4-6-16(15)24)9-17(25)18-7-5-14(10-28)11-30-18/h4-9,11-12,19H,1-3H3,(H2,29,31)/b17-9-/t12-,19?,22-/m0/s1. The molecule has 1 aliphatic heterocycles. The molecule has 178 valence electrons. The molecule has 0 fully saturated rings. The highest BCUT2D eigenvalue weighted by Crippen LogP contribution is 2.50. The van der Waals surface area contributed by atoms with Crippen molar-refractivity contribution in [2.24, 2.45) is 16.6 Å². The Morgan fingerprint density at radius 1 is 1.32 bits per heavy atom. The van der Waals surface area contributed by atoms with Crippen LogP contribution in [-0.2, 0) is 15.1 Å². The molecule has 0 aliphatic carbocycles. The summed E-state index contributed by atoms with van der Waals surface area (Å²) in [5, 5.41) is 6.52. The smallest absolute Gasteiger partial charge is 0.325 e. The number of esters is 1. The summed E-state index contributed by atoms with van der Waals surface area (Å²) in [6, 6.07) is 8.04. The van der Waals surface area contributed by atoms with Gasteiger partial charge in [-0.2, -0.15) is 5.26 Å². The van der Waals surface area contributed by atoms with Gasteiger partial charge in [-0.1, -0.05) is 24.8 Å². The number of halogens is 4. The van der Waals surface area contributed by atoms with E-state index in [9.17, 15) is 13.6 Å². The molecule has 0 saturated carbocycles. The van der Waals surface area contributed by atoms with Crippen molar-refractivity contribution in [1.82, 2.24) is 4.98 Å². The van der Waals surface area contributed by atoms with Crippen LogP contribution in [0.5, 0.6) is 0 Å². The van der Waals surface area contributed by atoms with Gasteiger partial charge in [0.2, 0.25) is 0 Å². The second kappa shape index (κ2) is 9.46. The number of hydrogen-bond acceptors (Lipinski definition) is 7. The molecular formula is C23H20F4N4O2S. The Hall–Kier alpha value is -3.39. The fourth-order valence-corrected chi connectivity index (χ4v) is 4.64. The number of thioether (sulfide) groups is 1. The van der Waals surface area contributed by atoms with Gasteiger partial charge in [0.05, 0.1) is 29.8 Å². The van der Waals surface area contributed by atoms with Crippen LogP contribution in [-0.4, -0.2) is 34.4 Å². The van der Waals surface area contributed by atoms with Crippen LogP contribution in [0.1, 0.15) is 36.2 Å². The zero-order valence-electron chi connectivity index (χ0n) is 18.4. The number of rotatable bonds is 4. The molecular weight excluding hydrogens is 472 g/mol. The van der Waals surface area contributed by atoms with Gasteiger partial charge in [-0.05, 0) is 42.8 Å². The van der Waals surface area contributed by atoms with Crippen molar-refractivity contribution < 1.29 is 27.1 Å². The molecule has 0 bridgehead atoms. The molecule has 0 radical (unpaired) electrons. The zero-order chi connectivity index (χ0) is 25.3. The summed E-state index contributed by atoms with van der Waals surface area (Å²) in [4.78, 5) is 20.0. The number of pyridine rings is 1. The summed E-state index contributed by atoms with van der Waals surface area (Å²) < 4.78 is 64.9. The van der Waals surface area contributed by atoms with Crippen molar-refractivity contribution in [1.29, 1.82) is 5.26 Å². The average Bonchev–Trinajstić information content (AvgIpc) is 2.88. The van der Waals surface area contributed by atoms with Crippen molar-refractivity contribution in [3.8, 4) is 6.07 Å². The van der Waals surface area contributed by atoms with Gasteiger partial charge in [0.15, 0.2) is 10.4 Å². The van der Waals surface area contributed by atoms with Gasteiger partial charge >= 0.3 is 5.97 Å². The lowest BCUT2D eigenvalue weighted by atomic mass is 9.76. The Bertz CT molecular complexity index is 1210. The second-order valence-electron chi connectivity index (χ2n) is 7.79. The summed E-state index contributed by atoms with van der Waals surface area (Å²) in [7, 11) is 0.980. The number of aliphatic imine (C=N–C) groups is 1. The Morgan fingerprint density at radius 3 is 2.62 bits per heavy atom. The molecule has 1 aromatic heterocycles. The van der Waals surface area contributed by atoms with Gasteiger partial charge in [-0.3, -0.25) is 14.8 Å².